The number of H-pyrrole nitrogens is 1. The first-order valence-corrected chi connectivity index (χ1v) is 15.4. The Morgan fingerprint density at radius 1 is 1.17 bits per heavy atom. The molecule has 2 N–H and O–H groups in total. The lowest BCUT2D eigenvalue weighted by Gasteiger charge is -2.32. The van der Waals surface area contributed by atoms with Gasteiger partial charge in [0.1, 0.15) is 17.4 Å². The Morgan fingerprint density at radius 3 is 2.71 bits per heavy atom. The van der Waals surface area contributed by atoms with Gasteiger partial charge < -0.3 is 19.9 Å². The molecular weight excluding hydrogens is 514 g/mol. The van der Waals surface area contributed by atoms with Crippen LogP contribution >= 0.6 is 0 Å². The molecule has 3 heterocycles. The first kappa shape index (κ1) is 29.2. The number of pyridine rings is 1. The van der Waals surface area contributed by atoms with Gasteiger partial charge in [0.05, 0.1) is 30.6 Å². The number of ether oxygens (including phenoxy) is 1. The lowest BCUT2D eigenvalue weighted by Crippen LogP contribution is -2.37. The zero-order valence-electron chi connectivity index (χ0n) is 25.1. The number of aromatic amines is 1. The first-order chi connectivity index (χ1) is 19.9. The molecule has 0 unspecified atom stereocenters. The minimum Gasteiger partial charge on any atom is -0.496 e. The van der Waals surface area contributed by atoms with Crippen LogP contribution in [0.15, 0.2) is 30.5 Å². The van der Waals surface area contributed by atoms with Crippen LogP contribution in [0, 0.1) is 18.3 Å². The molecule has 2 fully saturated rings. The third-order valence-electron chi connectivity index (χ3n) is 9.33. The van der Waals surface area contributed by atoms with Crippen molar-refractivity contribution in [3.8, 4) is 17.0 Å². The minimum absolute atomic E-state index is 0.0946. The number of imidazole rings is 1. The number of Topliss-reactive ketones (excluding diaryl/α,β-unsaturated/α-hetero) is 1. The molecule has 1 saturated carbocycles. The lowest BCUT2D eigenvalue weighted by atomic mass is 9.90. The van der Waals surface area contributed by atoms with Gasteiger partial charge in [-0.3, -0.25) is 14.6 Å². The number of fused-ring (bicyclic) bond motifs is 1. The lowest BCUT2D eigenvalue weighted by molar-refractivity contribution is -0.124. The van der Waals surface area contributed by atoms with Gasteiger partial charge in [-0.05, 0) is 76.2 Å². The van der Waals surface area contributed by atoms with E-state index in [9.17, 15) is 9.59 Å². The normalized spacial score (nSPS) is 18.9. The summed E-state index contributed by atoms with van der Waals surface area (Å²) in [7, 11) is 1.67. The van der Waals surface area contributed by atoms with Crippen LogP contribution in [0.2, 0.25) is 0 Å². The molecule has 1 aliphatic heterocycles. The number of hydrogen-bond acceptors (Lipinski definition) is 6. The second-order valence-electron chi connectivity index (χ2n) is 12.0. The Balaban J connectivity index is 1.32. The Kier molecular flexibility index (Phi) is 9.07. The van der Waals surface area contributed by atoms with E-state index in [4.69, 9.17) is 9.72 Å². The highest BCUT2D eigenvalue weighted by atomic mass is 16.5. The topological polar surface area (TPSA) is 100 Å². The van der Waals surface area contributed by atoms with E-state index in [-0.39, 0.29) is 23.3 Å². The fraction of sp³-hybridized carbons (Fsp3) is 0.576. The molecule has 41 heavy (non-hydrogen) atoms. The number of benzene rings is 1. The summed E-state index contributed by atoms with van der Waals surface area (Å²) in [6.07, 6.45) is 9.81. The number of methoxy groups -OCH3 is 1. The highest BCUT2D eigenvalue weighted by molar-refractivity contribution is 5.87. The third kappa shape index (κ3) is 6.64. The second kappa shape index (κ2) is 12.7. The number of carbonyl (C=O) groups excluding carboxylic acids is 2. The quantitative estimate of drug-likeness (QED) is 0.244. The summed E-state index contributed by atoms with van der Waals surface area (Å²) in [6, 6.07) is 7.91. The number of hydrogen-bond donors (Lipinski definition) is 2. The number of nitrogens with zero attached hydrogens (tertiary/aromatic N) is 3. The Bertz CT molecular complexity index is 1370. The van der Waals surface area contributed by atoms with Crippen LogP contribution in [0.5, 0.6) is 5.75 Å². The average Bonchev–Trinajstić information content (AvgIpc) is 3.46. The predicted molar refractivity (Wildman–Crippen MR) is 162 cm³/mol. The van der Waals surface area contributed by atoms with Gasteiger partial charge >= 0.3 is 0 Å². The summed E-state index contributed by atoms with van der Waals surface area (Å²) in [5.74, 6) is 2.05. The van der Waals surface area contributed by atoms with Gasteiger partial charge in [-0.2, -0.15) is 0 Å². The highest BCUT2D eigenvalue weighted by Crippen LogP contribution is 2.59. The monoisotopic (exact) mass is 559 g/mol. The zero-order valence-corrected chi connectivity index (χ0v) is 25.1. The van der Waals surface area contributed by atoms with E-state index in [1.165, 1.54) is 0 Å². The van der Waals surface area contributed by atoms with Crippen molar-refractivity contribution in [1.82, 2.24) is 25.2 Å². The number of aryl methyl sites for hydroxylation is 1. The van der Waals surface area contributed by atoms with Crippen LogP contribution in [-0.2, 0) is 9.59 Å². The SMILES string of the molecule is CCC(=O)CCCCC[C@H](NC(=O)[C@H]1CC12CCN(CC)CC2)c1ncc(-c2cc3ccc(C)nc3cc2OC)[nH]1. The predicted octanol–water partition coefficient (Wildman–Crippen LogP) is 6.15. The van der Waals surface area contributed by atoms with Gasteiger partial charge in [-0.15, -0.1) is 0 Å². The van der Waals surface area contributed by atoms with Crippen molar-refractivity contribution in [1.29, 1.82) is 0 Å². The van der Waals surface area contributed by atoms with E-state index in [0.717, 1.165) is 104 Å². The molecule has 2 aliphatic rings. The fourth-order valence-electron chi connectivity index (χ4n) is 6.44. The summed E-state index contributed by atoms with van der Waals surface area (Å²) >= 11 is 0. The maximum absolute atomic E-state index is 13.5. The van der Waals surface area contributed by atoms with E-state index in [0.29, 0.717) is 18.6 Å². The maximum Gasteiger partial charge on any atom is 0.224 e. The standard InChI is InChI=1S/C33H45N5O3/c1-5-24(39)10-8-7-9-11-27(37-32(40)26-20-33(26)14-16-38(6-2)17-15-33)31-34-21-29(36-31)25-18-23-13-12-22(3)35-28(23)19-30(25)41-4/h12-13,18-19,21,26-27H,5-11,14-17,20H2,1-4H3,(H,34,36)(H,37,40)/t26-,27+/m1/s1. The molecular formula is C33H45N5O3. The summed E-state index contributed by atoms with van der Waals surface area (Å²) in [5, 5.41) is 4.41. The van der Waals surface area contributed by atoms with Crippen LogP contribution in [0.25, 0.3) is 22.2 Å². The first-order valence-electron chi connectivity index (χ1n) is 15.4. The number of unbranched alkanes of at least 4 members (excludes halogenated alkanes) is 2. The van der Waals surface area contributed by atoms with Crippen LogP contribution < -0.4 is 10.1 Å². The second-order valence-corrected chi connectivity index (χ2v) is 12.0. The molecule has 220 valence electrons. The van der Waals surface area contributed by atoms with Gasteiger partial charge in [0.15, 0.2) is 0 Å². The zero-order chi connectivity index (χ0) is 29.0. The smallest absolute Gasteiger partial charge is 0.224 e. The molecule has 8 heteroatoms. The number of amides is 1. The van der Waals surface area contributed by atoms with Crippen molar-refractivity contribution in [3.05, 3.63) is 42.0 Å². The summed E-state index contributed by atoms with van der Waals surface area (Å²) < 4.78 is 5.73. The molecule has 1 aliphatic carbocycles. The van der Waals surface area contributed by atoms with E-state index in [1.54, 1.807) is 7.11 Å². The summed E-state index contributed by atoms with van der Waals surface area (Å²) in [6.45, 7) is 9.36. The number of aromatic nitrogens is 3. The van der Waals surface area contributed by atoms with Gasteiger partial charge in [-0.25, -0.2) is 4.98 Å². The number of carbonyl (C=O) groups is 2. The van der Waals surface area contributed by atoms with Crippen molar-refractivity contribution >= 4 is 22.6 Å². The van der Waals surface area contributed by atoms with Crippen molar-refractivity contribution in [2.75, 3.05) is 26.7 Å². The molecule has 2 atom stereocenters. The van der Waals surface area contributed by atoms with Crippen LogP contribution in [0.1, 0.15) is 89.2 Å². The van der Waals surface area contributed by atoms with Crippen LogP contribution in [0.3, 0.4) is 0 Å². The number of ketones is 1. The molecule has 0 bridgehead atoms. The number of piperidine rings is 1. The van der Waals surface area contributed by atoms with Gasteiger partial charge in [0.25, 0.3) is 0 Å². The number of rotatable bonds is 13. The van der Waals surface area contributed by atoms with Gasteiger partial charge in [0.2, 0.25) is 5.91 Å². The van der Waals surface area contributed by atoms with Crippen molar-refractivity contribution < 1.29 is 14.3 Å². The number of likely N-dealkylation sites (tertiary alicyclic amines) is 1. The molecule has 1 aromatic carbocycles. The van der Waals surface area contributed by atoms with Crippen molar-refractivity contribution in [2.45, 2.75) is 84.6 Å². The van der Waals surface area contributed by atoms with E-state index in [1.807, 2.05) is 32.2 Å². The van der Waals surface area contributed by atoms with Gasteiger partial charge in [-0.1, -0.05) is 32.8 Å². The molecule has 2 aromatic heterocycles. The van der Waals surface area contributed by atoms with E-state index >= 15 is 0 Å². The molecule has 8 nitrogen and oxygen atoms in total. The van der Waals surface area contributed by atoms with Crippen LogP contribution in [0.4, 0.5) is 0 Å². The third-order valence-corrected chi connectivity index (χ3v) is 9.33. The molecule has 1 amide bonds. The Labute approximate surface area is 243 Å². The largest absolute Gasteiger partial charge is 0.496 e. The van der Waals surface area contributed by atoms with E-state index in [2.05, 4.69) is 39.2 Å². The Morgan fingerprint density at radius 2 is 1.98 bits per heavy atom. The van der Waals surface area contributed by atoms with Crippen molar-refractivity contribution in [3.63, 3.8) is 0 Å². The molecule has 1 saturated heterocycles. The number of nitrogens with one attached hydrogen (secondary N) is 2. The highest BCUT2D eigenvalue weighted by Gasteiger charge is 2.58. The molecule has 0 radical (unpaired) electrons. The minimum atomic E-state index is -0.206. The fourth-order valence-corrected chi connectivity index (χ4v) is 6.44. The Hall–Kier alpha value is -3.26. The van der Waals surface area contributed by atoms with E-state index < -0.39 is 0 Å². The van der Waals surface area contributed by atoms with Gasteiger partial charge in [0, 0.05) is 41.5 Å². The average molecular weight is 560 g/mol. The molecule has 1 spiro atoms. The van der Waals surface area contributed by atoms with Crippen LogP contribution in [-0.4, -0.2) is 58.3 Å². The molecule has 5 rings (SSSR count). The summed E-state index contributed by atoms with van der Waals surface area (Å²) in [5.41, 5.74) is 3.79. The molecule has 3 aromatic rings. The maximum atomic E-state index is 13.5. The van der Waals surface area contributed by atoms with Crippen molar-refractivity contribution in [2.24, 2.45) is 11.3 Å². The summed E-state index contributed by atoms with van der Waals surface area (Å²) in [4.78, 5) is 40.7.